The maximum absolute atomic E-state index is 12.1. The van der Waals surface area contributed by atoms with Gasteiger partial charge in [0.2, 0.25) is 0 Å². The molecule has 0 N–H and O–H groups in total. The van der Waals surface area contributed by atoms with E-state index in [1.165, 1.54) is 7.11 Å². The summed E-state index contributed by atoms with van der Waals surface area (Å²) in [6.07, 6.45) is -6.66. The smallest absolute Gasteiger partial charge is 0.377 e. The number of hydrogen-bond donors (Lipinski definition) is 0. The molecule has 0 aromatic carbocycles. The third-order valence-corrected chi connectivity index (χ3v) is 2.72. The zero-order valence-corrected chi connectivity index (χ0v) is 8.60. The quantitative estimate of drug-likeness (QED) is 0.696. The van der Waals surface area contributed by atoms with Gasteiger partial charge in [-0.25, -0.2) is 0 Å². The molecule has 0 heterocycles. The molecule has 4 atom stereocenters. The number of halogens is 4. The minimum absolute atomic E-state index is 0.245. The Kier molecular flexibility index (Phi) is 3.66. The highest BCUT2D eigenvalue weighted by Crippen LogP contribution is 2.34. The lowest BCUT2D eigenvalue weighted by molar-refractivity contribution is -0.249. The van der Waals surface area contributed by atoms with Crippen LogP contribution >= 0.6 is 11.6 Å². The van der Waals surface area contributed by atoms with E-state index in [9.17, 15) is 13.2 Å². The van der Waals surface area contributed by atoms with Gasteiger partial charge < -0.3 is 9.47 Å². The molecule has 1 rings (SSSR count). The first kappa shape index (κ1) is 12.1. The Balaban J connectivity index is 2.39. The Morgan fingerprint density at radius 3 is 2.36 bits per heavy atom. The van der Waals surface area contributed by atoms with Gasteiger partial charge in [0.15, 0.2) is 6.10 Å². The van der Waals surface area contributed by atoms with E-state index in [4.69, 9.17) is 21.1 Å². The molecule has 0 spiro atoms. The van der Waals surface area contributed by atoms with Crippen LogP contribution in [0, 0.1) is 0 Å². The largest absolute Gasteiger partial charge is 0.414 e. The maximum atomic E-state index is 12.1. The van der Waals surface area contributed by atoms with E-state index in [0.717, 1.165) is 6.92 Å². The molecule has 0 aliphatic heterocycles. The van der Waals surface area contributed by atoms with Crippen LogP contribution < -0.4 is 0 Å². The van der Waals surface area contributed by atoms with Crippen LogP contribution in [0.2, 0.25) is 0 Å². The summed E-state index contributed by atoms with van der Waals surface area (Å²) in [5.41, 5.74) is 0. The fourth-order valence-corrected chi connectivity index (χ4v) is 1.74. The number of rotatable bonds is 3. The van der Waals surface area contributed by atoms with Gasteiger partial charge in [0.05, 0.1) is 17.6 Å². The first-order valence-electron chi connectivity index (χ1n) is 4.25. The van der Waals surface area contributed by atoms with E-state index in [0.29, 0.717) is 6.42 Å². The Morgan fingerprint density at radius 2 is 2.00 bits per heavy atom. The van der Waals surface area contributed by atoms with Crippen molar-refractivity contribution in [3.63, 3.8) is 0 Å². The maximum Gasteiger partial charge on any atom is 0.414 e. The zero-order chi connectivity index (χ0) is 10.9. The van der Waals surface area contributed by atoms with Gasteiger partial charge in [0.1, 0.15) is 0 Å². The lowest BCUT2D eigenvalue weighted by atomic mass is 9.91. The number of ether oxygens (including phenoxy) is 2. The van der Waals surface area contributed by atoms with E-state index in [1.54, 1.807) is 0 Å². The molecule has 0 saturated heterocycles. The fraction of sp³-hybridized carbons (Fsp3) is 1.00. The molecule has 1 fully saturated rings. The average molecular weight is 233 g/mol. The second-order valence-corrected chi connectivity index (χ2v) is 3.87. The van der Waals surface area contributed by atoms with Crippen LogP contribution in [0.15, 0.2) is 0 Å². The van der Waals surface area contributed by atoms with Gasteiger partial charge in [-0.2, -0.15) is 13.2 Å². The third kappa shape index (κ3) is 2.52. The van der Waals surface area contributed by atoms with Crippen LogP contribution in [-0.4, -0.2) is 37.0 Å². The van der Waals surface area contributed by atoms with Crippen molar-refractivity contribution >= 4 is 11.6 Å². The minimum atomic E-state index is -4.32. The van der Waals surface area contributed by atoms with Crippen molar-refractivity contribution in [2.45, 2.75) is 43.2 Å². The summed E-state index contributed by atoms with van der Waals surface area (Å²) in [7, 11) is 1.41. The second kappa shape index (κ2) is 4.24. The van der Waals surface area contributed by atoms with Gasteiger partial charge in [0, 0.05) is 7.11 Å². The molecule has 0 aromatic rings. The van der Waals surface area contributed by atoms with E-state index in [-0.39, 0.29) is 5.38 Å². The van der Waals surface area contributed by atoms with Gasteiger partial charge in [-0.1, -0.05) is 0 Å². The highest BCUT2D eigenvalue weighted by Gasteiger charge is 2.46. The summed E-state index contributed by atoms with van der Waals surface area (Å²) in [4.78, 5) is 0. The molecule has 4 unspecified atom stereocenters. The Labute approximate surface area is 85.3 Å². The van der Waals surface area contributed by atoms with Crippen LogP contribution in [0.4, 0.5) is 13.2 Å². The molecule has 0 amide bonds. The van der Waals surface area contributed by atoms with E-state index < -0.39 is 24.5 Å². The summed E-state index contributed by atoms with van der Waals surface area (Å²) >= 11 is 5.72. The highest BCUT2D eigenvalue weighted by molar-refractivity contribution is 6.21. The Bertz CT molecular complexity index is 198. The van der Waals surface area contributed by atoms with E-state index in [1.807, 2.05) is 0 Å². The summed E-state index contributed by atoms with van der Waals surface area (Å²) in [5.74, 6) is 0. The number of hydrogen-bond acceptors (Lipinski definition) is 2. The van der Waals surface area contributed by atoms with Crippen molar-refractivity contribution in [3.8, 4) is 0 Å². The summed E-state index contributed by atoms with van der Waals surface area (Å²) in [6.45, 7) is 0.980. The third-order valence-electron chi connectivity index (χ3n) is 2.29. The summed E-state index contributed by atoms with van der Waals surface area (Å²) in [5, 5.41) is -0.245. The van der Waals surface area contributed by atoms with Crippen LogP contribution in [-0.2, 0) is 9.47 Å². The van der Waals surface area contributed by atoms with E-state index in [2.05, 4.69) is 0 Å². The molecule has 84 valence electrons. The first-order chi connectivity index (χ1) is 6.36. The lowest BCUT2D eigenvalue weighted by Gasteiger charge is -2.41. The molecule has 0 radical (unpaired) electrons. The summed E-state index contributed by atoms with van der Waals surface area (Å²) in [6, 6.07) is 0. The highest BCUT2D eigenvalue weighted by atomic mass is 35.5. The molecular formula is C8H12ClF3O2. The molecule has 14 heavy (non-hydrogen) atoms. The van der Waals surface area contributed by atoms with Crippen molar-refractivity contribution in [2.24, 2.45) is 0 Å². The molecule has 0 aromatic heterocycles. The van der Waals surface area contributed by atoms with E-state index >= 15 is 0 Å². The Hall–Kier alpha value is -0.0000000000000000555. The van der Waals surface area contributed by atoms with Crippen LogP contribution in [0.5, 0.6) is 0 Å². The number of methoxy groups -OCH3 is 1. The van der Waals surface area contributed by atoms with Gasteiger partial charge in [-0.3, -0.25) is 0 Å². The SMILES string of the molecule is COC1C(Cl)CC1OC(C)C(F)(F)F. The van der Waals surface area contributed by atoms with Gasteiger partial charge in [0.25, 0.3) is 0 Å². The van der Waals surface area contributed by atoms with Gasteiger partial charge in [-0.05, 0) is 13.3 Å². The Morgan fingerprint density at radius 1 is 1.43 bits per heavy atom. The van der Waals surface area contributed by atoms with Crippen molar-refractivity contribution in [2.75, 3.05) is 7.11 Å². The van der Waals surface area contributed by atoms with Crippen LogP contribution in [0.25, 0.3) is 0 Å². The molecule has 1 saturated carbocycles. The molecule has 6 heteroatoms. The van der Waals surface area contributed by atoms with Crippen molar-refractivity contribution < 1.29 is 22.6 Å². The van der Waals surface area contributed by atoms with Crippen LogP contribution in [0.1, 0.15) is 13.3 Å². The lowest BCUT2D eigenvalue weighted by Crippen LogP contribution is -2.53. The molecule has 1 aliphatic carbocycles. The van der Waals surface area contributed by atoms with Crippen molar-refractivity contribution in [1.82, 2.24) is 0 Å². The minimum Gasteiger partial charge on any atom is -0.377 e. The first-order valence-corrected chi connectivity index (χ1v) is 4.69. The number of alkyl halides is 4. The van der Waals surface area contributed by atoms with Gasteiger partial charge in [-0.15, -0.1) is 11.6 Å². The monoisotopic (exact) mass is 232 g/mol. The van der Waals surface area contributed by atoms with Crippen molar-refractivity contribution in [1.29, 1.82) is 0 Å². The normalized spacial score (nSPS) is 35.1. The topological polar surface area (TPSA) is 18.5 Å². The zero-order valence-electron chi connectivity index (χ0n) is 7.84. The average Bonchev–Trinajstić information content (AvgIpc) is 2.02. The second-order valence-electron chi connectivity index (χ2n) is 3.31. The molecule has 1 aliphatic rings. The molecule has 0 bridgehead atoms. The summed E-state index contributed by atoms with van der Waals surface area (Å²) < 4.78 is 46.0. The predicted molar refractivity (Wildman–Crippen MR) is 45.4 cm³/mol. The van der Waals surface area contributed by atoms with Crippen molar-refractivity contribution in [3.05, 3.63) is 0 Å². The predicted octanol–water partition coefficient (Wildman–Crippen LogP) is 2.35. The van der Waals surface area contributed by atoms with Crippen LogP contribution in [0.3, 0.4) is 0 Å². The standard InChI is InChI=1S/C8H12ClF3O2/c1-4(8(10,11)12)14-6-3-5(9)7(6)13-2/h4-7H,3H2,1-2H3. The fourth-order valence-electron chi connectivity index (χ4n) is 1.30. The molecular weight excluding hydrogens is 221 g/mol. The molecule has 2 nitrogen and oxygen atoms in total. The van der Waals surface area contributed by atoms with Gasteiger partial charge >= 0.3 is 6.18 Å².